The van der Waals surface area contributed by atoms with E-state index < -0.39 is 0 Å². The normalized spacial score (nSPS) is 10.6. The molecule has 120 valence electrons. The van der Waals surface area contributed by atoms with E-state index in [0.29, 0.717) is 21.8 Å². The Morgan fingerprint density at radius 2 is 2.09 bits per heavy atom. The number of nitrogens with one attached hydrogen (secondary N) is 2. The van der Waals surface area contributed by atoms with E-state index >= 15 is 0 Å². The number of hydrogen-bond acceptors (Lipinski definition) is 3. The van der Waals surface area contributed by atoms with Crippen LogP contribution in [0, 0.1) is 0 Å². The smallest absolute Gasteiger partial charge is 0.186 e. The minimum atomic E-state index is 0.360. The maximum Gasteiger partial charge on any atom is 0.186 e. The van der Waals surface area contributed by atoms with E-state index in [9.17, 15) is 0 Å². The van der Waals surface area contributed by atoms with Crippen molar-refractivity contribution < 1.29 is 4.74 Å². The molecule has 2 aromatic carbocycles. The van der Waals surface area contributed by atoms with Gasteiger partial charge in [0, 0.05) is 22.7 Å². The van der Waals surface area contributed by atoms with Gasteiger partial charge in [-0.1, -0.05) is 41.4 Å². The Morgan fingerprint density at radius 1 is 1.26 bits per heavy atom. The predicted octanol–water partition coefficient (Wildman–Crippen LogP) is 4.00. The molecule has 0 saturated carbocycles. The molecule has 0 unspecified atom stereocenters. The highest BCUT2D eigenvalue weighted by Gasteiger charge is 2.03. The van der Waals surface area contributed by atoms with Crippen LogP contribution in [0.2, 0.25) is 10.0 Å². The largest absolute Gasteiger partial charge is 0.489 e. The summed E-state index contributed by atoms with van der Waals surface area (Å²) < 4.78 is 5.75. The zero-order chi connectivity index (χ0) is 16.7. The molecule has 2 N–H and O–H groups in total. The maximum absolute atomic E-state index is 6.13. The van der Waals surface area contributed by atoms with Gasteiger partial charge in [0.2, 0.25) is 0 Å². The van der Waals surface area contributed by atoms with E-state index in [4.69, 9.17) is 40.2 Å². The standard InChI is InChI=1S/C16H15Cl2N3OS/c1-19-16(23)21-20-9-11-3-2-4-14(7-11)22-10-12-5-6-13(17)8-15(12)18/h2-9H,10H2,1H3,(H2,19,21,23). The van der Waals surface area contributed by atoms with Gasteiger partial charge >= 0.3 is 0 Å². The number of rotatable bonds is 5. The van der Waals surface area contributed by atoms with Gasteiger partial charge in [-0.3, -0.25) is 5.43 Å². The lowest BCUT2D eigenvalue weighted by molar-refractivity contribution is 0.306. The van der Waals surface area contributed by atoms with Gasteiger partial charge < -0.3 is 10.1 Å². The minimum Gasteiger partial charge on any atom is -0.489 e. The van der Waals surface area contributed by atoms with E-state index in [1.165, 1.54) is 0 Å². The highest BCUT2D eigenvalue weighted by molar-refractivity contribution is 7.80. The molecule has 0 fully saturated rings. The molecule has 0 radical (unpaired) electrons. The molecule has 0 saturated heterocycles. The zero-order valence-electron chi connectivity index (χ0n) is 12.3. The summed E-state index contributed by atoms with van der Waals surface area (Å²) in [6.45, 7) is 0.360. The summed E-state index contributed by atoms with van der Waals surface area (Å²) in [5.74, 6) is 0.719. The topological polar surface area (TPSA) is 45.7 Å². The molecule has 0 heterocycles. The van der Waals surface area contributed by atoms with Crippen LogP contribution in [0.25, 0.3) is 0 Å². The summed E-state index contributed by atoms with van der Waals surface area (Å²) in [6.07, 6.45) is 1.66. The van der Waals surface area contributed by atoms with Gasteiger partial charge in [-0.25, -0.2) is 0 Å². The second kappa shape index (κ2) is 8.72. The van der Waals surface area contributed by atoms with Crippen LogP contribution in [0.3, 0.4) is 0 Å². The zero-order valence-corrected chi connectivity index (χ0v) is 14.7. The van der Waals surface area contributed by atoms with E-state index in [-0.39, 0.29) is 0 Å². The fraction of sp³-hybridized carbons (Fsp3) is 0.125. The van der Waals surface area contributed by atoms with Crippen LogP contribution < -0.4 is 15.5 Å². The number of ether oxygens (including phenoxy) is 1. The first-order valence-electron chi connectivity index (χ1n) is 6.76. The molecule has 0 aliphatic rings. The molecule has 0 atom stereocenters. The van der Waals surface area contributed by atoms with Gasteiger partial charge in [0.05, 0.1) is 6.21 Å². The lowest BCUT2D eigenvalue weighted by atomic mass is 10.2. The third-order valence-electron chi connectivity index (χ3n) is 2.87. The molecule has 0 aromatic heterocycles. The highest BCUT2D eigenvalue weighted by Crippen LogP contribution is 2.22. The third kappa shape index (κ3) is 5.71. The van der Waals surface area contributed by atoms with Crippen molar-refractivity contribution in [2.75, 3.05) is 7.05 Å². The molecular weight excluding hydrogens is 353 g/mol. The van der Waals surface area contributed by atoms with Crippen molar-refractivity contribution in [2.24, 2.45) is 5.10 Å². The molecule has 0 aliphatic carbocycles. The fourth-order valence-corrected chi connectivity index (χ4v) is 2.22. The summed E-state index contributed by atoms with van der Waals surface area (Å²) >= 11 is 16.9. The number of thiocarbonyl (C=S) groups is 1. The molecule has 0 spiro atoms. The van der Waals surface area contributed by atoms with Crippen LogP contribution in [-0.4, -0.2) is 18.4 Å². The second-order valence-electron chi connectivity index (χ2n) is 4.55. The van der Waals surface area contributed by atoms with E-state index in [0.717, 1.165) is 16.9 Å². The quantitative estimate of drug-likeness (QED) is 0.476. The van der Waals surface area contributed by atoms with Crippen LogP contribution in [-0.2, 0) is 6.61 Å². The Kier molecular flexibility index (Phi) is 6.65. The van der Waals surface area contributed by atoms with Gasteiger partial charge in [0.25, 0.3) is 0 Å². The Hall–Kier alpha value is -1.82. The van der Waals surface area contributed by atoms with Crippen molar-refractivity contribution >= 4 is 46.7 Å². The molecule has 23 heavy (non-hydrogen) atoms. The van der Waals surface area contributed by atoms with Crippen molar-refractivity contribution in [3.8, 4) is 5.75 Å². The van der Waals surface area contributed by atoms with Crippen LogP contribution in [0.4, 0.5) is 0 Å². The second-order valence-corrected chi connectivity index (χ2v) is 5.80. The molecule has 2 aromatic rings. The maximum atomic E-state index is 6.13. The highest BCUT2D eigenvalue weighted by atomic mass is 35.5. The first kappa shape index (κ1) is 17.5. The van der Waals surface area contributed by atoms with Crippen LogP contribution in [0.5, 0.6) is 5.75 Å². The van der Waals surface area contributed by atoms with Crippen molar-refractivity contribution in [1.29, 1.82) is 0 Å². The number of benzene rings is 2. The summed E-state index contributed by atoms with van der Waals surface area (Å²) in [7, 11) is 1.72. The molecule has 2 rings (SSSR count). The average molecular weight is 368 g/mol. The molecule has 0 aliphatic heterocycles. The Bertz CT molecular complexity index is 722. The first-order chi connectivity index (χ1) is 11.1. The summed E-state index contributed by atoms with van der Waals surface area (Å²) in [4.78, 5) is 0. The van der Waals surface area contributed by atoms with Gasteiger partial charge in [0.15, 0.2) is 5.11 Å². The number of halogens is 2. The molecule has 7 heteroatoms. The van der Waals surface area contributed by atoms with E-state index in [2.05, 4.69) is 15.8 Å². The van der Waals surface area contributed by atoms with E-state index in [1.54, 1.807) is 25.4 Å². The lowest BCUT2D eigenvalue weighted by Gasteiger charge is -2.08. The Morgan fingerprint density at radius 3 is 2.83 bits per heavy atom. The Labute approximate surface area is 150 Å². The van der Waals surface area contributed by atoms with Gasteiger partial charge in [0.1, 0.15) is 12.4 Å². The lowest BCUT2D eigenvalue weighted by Crippen LogP contribution is -2.28. The summed E-state index contributed by atoms with van der Waals surface area (Å²) in [6, 6.07) is 12.9. The van der Waals surface area contributed by atoms with Crippen molar-refractivity contribution in [1.82, 2.24) is 10.7 Å². The number of hydrogen-bond donors (Lipinski definition) is 2. The fourth-order valence-electron chi connectivity index (χ4n) is 1.71. The van der Waals surface area contributed by atoms with Crippen molar-refractivity contribution in [3.63, 3.8) is 0 Å². The van der Waals surface area contributed by atoms with Crippen molar-refractivity contribution in [3.05, 3.63) is 63.6 Å². The monoisotopic (exact) mass is 367 g/mol. The van der Waals surface area contributed by atoms with Gasteiger partial charge in [-0.05, 0) is 42.0 Å². The summed E-state index contributed by atoms with van der Waals surface area (Å²) in [5.41, 5.74) is 4.45. The molecule has 4 nitrogen and oxygen atoms in total. The van der Waals surface area contributed by atoms with E-state index in [1.807, 2.05) is 30.3 Å². The van der Waals surface area contributed by atoms with Gasteiger partial charge in [-0.15, -0.1) is 0 Å². The van der Waals surface area contributed by atoms with Crippen molar-refractivity contribution in [2.45, 2.75) is 6.61 Å². The molecule has 0 amide bonds. The first-order valence-corrected chi connectivity index (χ1v) is 7.92. The third-order valence-corrected chi connectivity index (χ3v) is 3.76. The SMILES string of the molecule is CNC(=S)NN=Cc1cccc(OCc2ccc(Cl)cc2Cl)c1. The predicted molar refractivity (Wildman–Crippen MR) is 99.6 cm³/mol. The number of nitrogens with zero attached hydrogens (tertiary/aromatic N) is 1. The summed E-state index contributed by atoms with van der Waals surface area (Å²) in [5, 5.41) is 8.43. The van der Waals surface area contributed by atoms with Crippen LogP contribution in [0.1, 0.15) is 11.1 Å². The van der Waals surface area contributed by atoms with Crippen LogP contribution >= 0.6 is 35.4 Å². The Balaban J connectivity index is 1.98. The van der Waals surface area contributed by atoms with Gasteiger partial charge in [-0.2, -0.15) is 5.10 Å². The molecule has 0 bridgehead atoms. The molecular formula is C16H15Cl2N3OS. The number of hydrazone groups is 1. The average Bonchev–Trinajstić information content (AvgIpc) is 2.54. The minimum absolute atomic E-state index is 0.360. The van der Waals surface area contributed by atoms with Crippen LogP contribution in [0.15, 0.2) is 47.6 Å².